The fraction of sp³-hybridized carbons (Fsp3) is 0.182. The Labute approximate surface area is 182 Å². The molecule has 0 radical (unpaired) electrons. The van der Waals surface area contributed by atoms with Crippen molar-refractivity contribution in [1.29, 1.82) is 5.26 Å². The Hall–Kier alpha value is -3.44. The van der Waals surface area contributed by atoms with Gasteiger partial charge in [0, 0.05) is 40.1 Å². The molecule has 8 heteroatoms. The van der Waals surface area contributed by atoms with Gasteiger partial charge in [0.2, 0.25) is 0 Å². The van der Waals surface area contributed by atoms with E-state index in [0.717, 1.165) is 10.0 Å². The number of rotatable bonds is 3. The van der Waals surface area contributed by atoms with Crippen LogP contribution in [0.1, 0.15) is 41.1 Å². The molecule has 1 aromatic carbocycles. The van der Waals surface area contributed by atoms with E-state index < -0.39 is 11.8 Å². The number of nitrogens with two attached hydrogens (primary N) is 1. The minimum Gasteiger partial charge on any atom is -0.383 e. The quantitative estimate of drug-likeness (QED) is 0.721. The molecule has 0 fully saturated rings. The number of carbonyl (C=O) groups is 2. The van der Waals surface area contributed by atoms with Gasteiger partial charge in [-0.15, -0.1) is 0 Å². The first-order chi connectivity index (χ1) is 14.5. The highest BCUT2D eigenvalue weighted by molar-refractivity contribution is 9.10. The molecule has 1 aromatic heterocycles. The number of benzene rings is 1. The molecule has 2 aliphatic rings. The smallest absolute Gasteiger partial charge is 0.270 e. The van der Waals surface area contributed by atoms with E-state index in [0.29, 0.717) is 36.1 Å². The molecule has 150 valence electrons. The van der Waals surface area contributed by atoms with Crippen molar-refractivity contribution in [2.24, 2.45) is 5.73 Å². The minimum atomic E-state index is -0.581. The number of allylic oxidation sites excluding steroid dienone is 3. The number of nitrogens with zero attached hydrogens (tertiary/aromatic N) is 3. The first-order valence-electron chi connectivity index (χ1n) is 9.44. The van der Waals surface area contributed by atoms with Gasteiger partial charge in [-0.25, -0.2) is 5.01 Å². The Bertz CT molecular complexity index is 1130. The van der Waals surface area contributed by atoms with Crippen molar-refractivity contribution in [3.8, 4) is 6.07 Å². The van der Waals surface area contributed by atoms with Crippen molar-refractivity contribution < 1.29 is 9.59 Å². The first kappa shape index (κ1) is 19.9. The van der Waals surface area contributed by atoms with Gasteiger partial charge in [0.1, 0.15) is 5.82 Å². The van der Waals surface area contributed by atoms with Crippen LogP contribution in [0.25, 0.3) is 0 Å². The molecule has 2 heterocycles. The van der Waals surface area contributed by atoms with E-state index in [1.54, 1.807) is 12.1 Å². The molecule has 7 nitrogen and oxygen atoms in total. The molecule has 1 aliphatic carbocycles. The lowest BCUT2D eigenvalue weighted by Gasteiger charge is -2.39. The molecule has 30 heavy (non-hydrogen) atoms. The van der Waals surface area contributed by atoms with Gasteiger partial charge in [-0.05, 0) is 36.6 Å². The Morgan fingerprint density at radius 1 is 1.23 bits per heavy atom. The summed E-state index contributed by atoms with van der Waals surface area (Å²) in [6.45, 7) is 0. The van der Waals surface area contributed by atoms with E-state index in [1.165, 1.54) is 17.4 Å². The van der Waals surface area contributed by atoms with Gasteiger partial charge in [0.05, 0.1) is 17.6 Å². The Morgan fingerprint density at radius 3 is 2.67 bits per heavy atom. The third kappa shape index (κ3) is 3.37. The summed E-state index contributed by atoms with van der Waals surface area (Å²) >= 11 is 3.53. The molecule has 0 saturated carbocycles. The van der Waals surface area contributed by atoms with Crippen LogP contribution in [-0.2, 0) is 4.79 Å². The second kappa shape index (κ2) is 8.13. The van der Waals surface area contributed by atoms with Gasteiger partial charge in [-0.1, -0.05) is 34.1 Å². The highest BCUT2D eigenvalue weighted by Gasteiger charge is 2.41. The third-order valence-corrected chi connectivity index (χ3v) is 6.01. The number of Topliss-reactive ketones (excluding diaryl/α,β-unsaturated/α-hetero) is 1. The summed E-state index contributed by atoms with van der Waals surface area (Å²) in [5, 5.41) is 11.3. The molecule has 0 spiro atoms. The maximum atomic E-state index is 13.0. The number of pyridine rings is 1. The van der Waals surface area contributed by atoms with E-state index in [-0.39, 0.29) is 17.2 Å². The number of halogens is 1. The number of ketones is 1. The van der Waals surface area contributed by atoms with Crippen LogP contribution in [0, 0.1) is 11.3 Å². The number of carbonyl (C=O) groups excluding carboxylic acids is 2. The monoisotopic (exact) mass is 463 g/mol. The van der Waals surface area contributed by atoms with Crippen molar-refractivity contribution >= 4 is 27.6 Å². The minimum absolute atomic E-state index is 0.0413. The standard InChI is InChI=1S/C22H18BrN5O2/c23-16-5-2-1-4-14(16)19-15(12-24)21(25)28(17-6-3-7-18(29)20(17)19)27-22(30)13-8-10-26-11-9-13/h1-2,4-5,8-11,19H,3,6-7,25H2,(H,27,30). The summed E-state index contributed by atoms with van der Waals surface area (Å²) in [6, 6.07) is 12.8. The molecular formula is C22H18BrN5O2. The molecular weight excluding hydrogens is 446 g/mol. The maximum Gasteiger partial charge on any atom is 0.270 e. The third-order valence-electron chi connectivity index (χ3n) is 5.29. The van der Waals surface area contributed by atoms with E-state index in [2.05, 4.69) is 32.4 Å². The summed E-state index contributed by atoms with van der Waals surface area (Å²) in [5.41, 5.74) is 11.7. The number of nitrogens with one attached hydrogen (secondary N) is 1. The van der Waals surface area contributed by atoms with Gasteiger partial charge < -0.3 is 5.73 Å². The summed E-state index contributed by atoms with van der Waals surface area (Å²) in [7, 11) is 0. The molecule has 1 atom stereocenters. The predicted octanol–water partition coefficient (Wildman–Crippen LogP) is 3.29. The molecule has 3 N–H and O–H groups in total. The molecule has 4 rings (SSSR count). The van der Waals surface area contributed by atoms with Gasteiger partial charge >= 0.3 is 0 Å². The Balaban J connectivity index is 1.84. The van der Waals surface area contributed by atoms with Crippen LogP contribution in [0.4, 0.5) is 0 Å². The fourth-order valence-corrected chi connectivity index (χ4v) is 4.42. The molecule has 1 unspecified atom stereocenters. The van der Waals surface area contributed by atoms with Crippen molar-refractivity contribution in [2.45, 2.75) is 25.2 Å². The second-order valence-corrected chi connectivity index (χ2v) is 7.87. The normalized spacial score (nSPS) is 18.7. The first-order valence-corrected chi connectivity index (χ1v) is 10.2. The summed E-state index contributed by atoms with van der Waals surface area (Å²) in [5.74, 6) is -0.904. The van der Waals surface area contributed by atoms with E-state index in [4.69, 9.17) is 5.73 Å². The Kier molecular flexibility index (Phi) is 5.38. The van der Waals surface area contributed by atoms with Gasteiger partial charge in [0.15, 0.2) is 5.78 Å². The average molecular weight is 464 g/mol. The van der Waals surface area contributed by atoms with Crippen molar-refractivity contribution in [3.05, 3.63) is 87.1 Å². The van der Waals surface area contributed by atoms with Crippen LogP contribution in [-0.4, -0.2) is 21.7 Å². The lowest BCUT2D eigenvalue weighted by molar-refractivity contribution is -0.116. The van der Waals surface area contributed by atoms with Crippen LogP contribution < -0.4 is 11.2 Å². The van der Waals surface area contributed by atoms with Crippen molar-refractivity contribution in [3.63, 3.8) is 0 Å². The van der Waals surface area contributed by atoms with Crippen LogP contribution >= 0.6 is 15.9 Å². The number of aromatic nitrogens is 1. The van der Waals surface area contributed by atoms with Gasteiger partial charge in [-0.2, -0.15) is 5.26 Å². The summed E-state index contributed by atoms with van der Waals surface area (Å²) in [6.07, 6.45) is 4.64. The fourth-order valence-electron chi connectivity index (χ4n) is 3.90. The number of hydrazine groups is 1. The van der Waals surface area contributed by atoms with E-state index in [9.17, 15) is 14.9 Å². The second-order valence-electron chi connectivity index (χ2n) is 7.01. The van der Waals surface area contributed by atoms with Crippen LogP contribution in [0.15, 0.2) is 75.9 Å². The summed E-state index contributed by atoms with van der Waals surface area (Å²) < 4.78 is 0.787. The molecule has 0 bridgehead atoms. The predicted molar refractivity (Wildman–Crippen MR) is 113 cm³/mol. The average Bonchev–Trinajstić information content (AvgIpc) is 2.76. The number of nitriles is 1. The number of hydrogen-bond acceptors (Lipinski definition) is 6. The topological polar surface area (TPSA) is 112 Å². The van der Waals surface area contributed by atoms with Crippen LogP contribution in [0.5, 0.6) is 0 Å². The SMILES string of the molecule is N#CC1=C(N)N(NC(=O)c2ccncc2)C2=C(C(=O)CCC2)C1c1ccccc1Br. The number of amides is 1. The molecule has 0 saturated heterocycles. The highest BCUT2D eigenvalue weighted by Crippen LogP contribution is 2.45. The van der Waals surface area contributed by atoms with E-state index >= 15 is 0 Å². The molecule has 2 aromatic rings. The lowest BCUT2D eigenvalue weighted by atomic mass is 9.76. The molecule has 1 amide bonds. The summed E-state index contributed by atoms with van der Waals surface area (Å²) in [4.78, 5) is 29.7. The van der Waals surface area contributed by atoms with Crippen molar-refractivity contribution in [2.75, 3.05) is 0 Å². The molecule has 1 aliphatic heterocycles. The Morgan fingerprint density at radius 2 is 1.97 bits per heavy atom. The zero-order chi connectivity index (χ0) is 21.3. The van der Waals surface area contributed by atoms with Gasteiger partial charge in [-0.3, -0.25) is 20.0 Å². The zero-order valence-corrected chi connectivity index (χ0v) is 17.5. The van der Waals surface area contributed by atoms with Crippen molar-refractivity contribution in [1.82, 2.24) is 15.4 Å². The van der Waals surface area contributed by atoms with Crippen LogP contribution in [0.3, 0.4) is 0 Å². The highest BCUT2D eigenvalue weighted by atomic mass is 79.9. The van der Waals surface area contributed by atoms with E-state index in [1.807, 2.05) is 24.3 Å². The zero-order valence-electron chi connectivity index (χ0n) is 15.9. The largest absolute Gasteiger partial charge is 0.383 e. The lowest BCUT2D eigenvalue weighted by Crippen LogP contribution is -2.48. The van der Waals surface area contributed by atoms with Gasteiger partial charge in [0.25, 0.3) is 5.91 Å². The maximum absolute atomic E-state index is 13.0. The number of hydrogen-bond donors (Lipinski definition) is 2. The van der Waals surface area contributed by atoms with Crippen LogP contribution in [0.2, 0.25) is 0 Å².